The van der Waals surface area contributed by atoms with Gasteiger partial charge in [0, 0.05) is 17.8 Å². The second kappa shape index (κ2) is 9.37. The van der Waals surface area contributed by atoms with Gasteiger partial charge < -0.3 is 10.2 Å². The van der Waals surface area contributed by atoms with Crippen molar-refractivity contribution in [1.29, 1.82) is 5.26 Å². The van der Waals surface area contributed by atoms with Crippen LogP contribution in [0.5, 0.6) is 0 Å². The summed E-state index contributed by atoms with van der Waals surface area (Å²) in [5.41, 5.74) is 4.91. The normalized spacial score (nSPS) is 11.8. The van der Waals surface area contributed by atoms with E-state index in [1.54, 1.807) is 17.2 Å². The zero-order chi connectivity index (χ0) is 22.5. The molecule has 0 aliphatic carbocycles. The molecule has 0 fully saturated rings. The number of nitriles is 1. The van der Waals surface area contributed by atoms with E-state index in [1.807, 2.05) is 36.4 Å². The van der Waals surface area contributed by atoms with E-state index < -0.39 is 0 Å². The van der Waals surface area contributed by atoms with Crippen LogP contribution in [0, 0.1) is 11.3 Å². The Kier molecular flexibility index (Phi) is 6.19. The van der Waals surface area contributed by atoms with Crippen molar-refractivity contribution < 1.29 is 0 Å². The molecule has 8 nitrogen and oxygen atoms in total. The lowest BCUT2D eigenvalue weighted by atomic mass is 9.98. The van der Waals surface area contributed by atoms with Gasteiger partial charge in [-0.05, 0) is 49.8 Å². The van der Waals surface area contributed by atoms with E-state index in [1.165, 1.54) is 11.9 Å². The zero-order valence-corrected chi connectivity index (χ0v) is 18.3. The molecule has 0 amide bonds. The molecule has 32 heavy (non-hydrogen) atoms. The molecule has 0 radical (unpaired) electrons. The van der Waals surface area contributed by atoms with Gasteiger partial charge in [-0.3, -0.25) is 0 Å². The largest absolute Gasteiger partial charge is 0.324 e. The number of benzene rings is 2. The zero-order valence-electron chi connectivity index (χ0n) is 18.3. The van der Waals surface area contributed by atoms with Crippen LogP contribution in [0.3, 0.4) is 0 Å². The highest BCUT2D eigenvalue weighted by Crippen LogP contribution is 2.26. The minimum absolute atomic E-state index is 0.414. The summed E-state index contributed by atoms with van der Waals surface area (Å²) in [6.45, 7) is 3.18. The number of hydrogen-bond donors (Lipinski definition) is 1. The minimum atomic E-state index is 0.414. The Morgan fingerprint density at radius 1 is 1.09 bits per heavy atom. The van der Waals surface area contributed by atoms with E-state index in [0.29, 0.717) is 23.1 Å². The third-order valence-corrected chi connectivity index (χ3v) is 5.11. The van der Waals surface area contributed by atoms with Crippen molar-refractivity contribution in [3.63, 3.8) is 0 Å². The molecule has 1 N–H and O–H groups in total. The van der Waals surface area contributed by atoms with Gasteiger partial charge in [0.1, 0.15) is 18.7 Å². The van der Waals surface area contributed by atoms with Crippen LogP contribution in [-0.2, 0) is 0 Å². The Morgan fingerprint density at radius 3 is 2.47 bits per heavy atom. The number of aromatic nitrogens is 5. The molecule has 0 aliphatic heterocycles. The Balaban J connectivity index is 1.56. The van der Waals surface area contributed by atoms with E-state index in [-0.39, 0.29) is 0 Å². The Labute approximate surface area is 187 Å². The van der Waals surface area contributed by atoms with Crippen LogP contribution < -0.4 is 5.32 Å². The van der Waals surface area contributed by atoms with Crippen molar-refractivity contribution in [3.8, 4) is 23.0 Å². The summed E-state index contributed by atoms with van der Waals surface area (Å²) in [4.78, 5) is 15.1. The van der Waals surface area contributed by atoms with Crippen molar-refractivity contribution in [2.24, 2.45) is 0 Å². The molecule has 8 heteroatoms. The van der Waals surface area contributed by atoms with Crippen molar-refractivity contribution >= 4 is 11.6 Å². The Bertz CT molecular complexity index is 1210. The third-order valence-electron chi connectivity index (χ3n) is 5.11. The lowest BCUT2D eigenvalue weighted by molar-refractivity contribution is 0.383. The highest BCUT2D eigenvalue weighted by Gasteiger charge is 2.12. The molecule has 0 saturated heterocycles. The fraction of sp³-hybridized carbons (Fsp3) is 0.208. The van der Waals surface area contributed by atoms with Crippen LogP contribution in [0.1, 0.15) is 24.0 Å². The first-order valence-electron chi connectivity index (χ1n) is 10.3. The van der Waals surface area contributed by atoms with Gasteiger partial charge in [0.05, 0.1) is 23.1 Å². The van der Waals surface area contributed by atoms with Crippen LogP contribution in [0.15, 0.2) is 67.4 Å². The van der Waals surface area contributed by atoms with Crippen molar-refractivity contribution in [2.75, 3.05) is 26.0 Å². The van der Waals surface area contributed by atoms with E-state index in [9.17, 15) is 5.26 Å². The van der Waals surface area contributed by atoms with Crippen LogP contribution in [0.2, 0.25) is 0 Å². The highest BCUT2D eigenvalue weighted by molar-refractivity contribution is 5.68. The third kappa shape index (κ3) is 4.79. The predicted molar refractivity (Wildman–Crippen MR) is 124 cm³/mol. The van der Waals surface area contributed by atoms with Gasteiger partial charge in [0.2, 0.25) is 5.95 Å². The van der Waals surface area contributed by atoms with Gasteiger partial charge in [0.15, 0.2) is 0 Å². The van der Waals surface area contributed by atoms with E-state index in [0.717, 1.165) is 23.5 Å². The van der Waals surface area contributed by atoms with Gasteiger partial charge in [-0.25, -0.2) is 19.6 Å². The first kappa shape index (κ1) is 21.2. The quantitative estimate of drug-likeness (QED) is 0.479. The van der Waals surface area contributed by atoms with E-state index in [2.05, 4.69) is 69.5 Å². The summed E-state index contributed by atoms with van der Waals surface area (Å²) in [6.07, 6.45) is 4.69. The number of anilines is 2. The highest BCUT2D eigenvalue weighted by atomic mass is 15.3. The smallest absolute Gasteiger partial charge is 0.227 e. The molecule has 2 aromatic carbocycles. The van der Waals surface area contributed by atoms with Crippen LogP contribution >= 0.6 is 0 Å². The molecule has 4 rings (SSSR count). The first-order valence-corrected chi connectivity index (χ1v) is 10.3. The van der Waals surface area contributed by atoms with Gasteiger partial charge in [0.25, 0.3) is 0 Å². The van der Waals surface area contributed by atoms with E-state index >= 15 is 0 Å². The van der Waals surface area contributed by atoms with Crippen molar-refractivity contribution in [2.45, 2.75) is 12.8 Å². The predicted octanol–water partition coefficient (Wildman–Crippen LogP) is 4.00. The maximum absolute atomic E-state index is 9.55. The fourth-order valence-corrected chi connectivity index (χ4v) is 3.53. The minimum Gasteiger partial charge on any atom is -0.324 e. The van der Waals surface area contributed by atoms with Crippen molar-refractivity contribution in [3.05, 3.63) is 78.5 Å². The van der Waals surface area contributed by atoms with Crippen LogP contribution in [0.25, 0.3) is 16.9 Å². The lowest BCUT2D eigenvalue weighted by Gasteiger charge is -2.17. The maximum Gasteiger partial charge on any atom is 0.227 e. The SMILES string of the molecule is CC(CN(C)C)c1ccc(-c2nc(Nc3ccc(-n4cncn4)cc3)ncc2C#N)cc1. The lowest BCUT2D eigenvalue weighted by Crippen LogP contribution is -2.18. The van der Waals surface area contributed by atoms with Gasteiger partial charge in [-0.1, -0.05) is 31.2 Å². The number of rotatable bonds is 7. The molecular weight excluding hydrogens is 400 g/mol. The molecule has 0 aliphatic rings. The monoisotopic (exact) mass is 424 g/mol. The molecule has 0 spiro atoms. The summed E-state index contributed by atoms with van der Waals surface area (Å²) < 4.78 is 1.68. The molecule has 0 saturated carbocycles. The van der Waals surface area contributed by atoms with Gasteiger partial charge >= 0.3 is 0 Å². The van der Waals surface area contributed by atoms with E-state index in [4.69, 9.17) is 0 Å². The number of nitrogens with one attached hydrogen (secondary N) is 1. The standard InChI is InChI=1S/C24H24N8/c1-17(14-31(2)3)18-4-6-19(7-5-18)23-20(12-25)13-27-24(30-23)29-21-8-10-22(11-9-21)32-16-26-15-28-32/h4-11,13,15-17H,14H2,1-3H3,(H,27,29,30). The van der Waals surface area contributed by atoms with Crippen LogP contribution in [0.4, 0.5) is 11.6 Å². The number of hydrogen-bond acceptors (Lipinski definition) is 7. The topological polar surface area (TPSA) is 95.6 Å². The van der Waals surface area contributed by atoms with Crippen LogP contribution in [-0.4, -0.2) is 50.3 Å². The molecule has 4 aromatic rings. The number of likely N-dealkylation sites (N-methyl/N-ethyl adjacent to an activating group) is 1. The molecule has 1 unspecified atom stereocenters. The number of nitrogens with zero attached hydrogens (tertiary/aromatic N) is 7. The summed E-state index contributed by atoms with van der Waals surface area (Å²) in [7, 11) is 4.14. The maximum atomic E-state index is 9.55. The summed E-state index contributed by atoms with van der Waals surface area (Å²) in [5, 5.41) is 16.9. The molecule has 2 aromatic heterocycles. The summed E-state index contributed by atoms with van der Waals surface area (Å²) >= 11 is 0. The second-order valence-corrected chi connectivity index (χ2v) is 7.86. The van der Waals surface area contributed by atoms with Crippen molar-refractivity contribution in [1.82, 2.24) is 29.6 Å². The fourth-order valence-electron chi connectivity index (χ4n) is 3.53. The molecule has 2 heterocycles. The average Bonchev–Trinajstić information content (AvgIpc) is 3.34. The molecular formula is C24H24N8. The molecule has 1 atom stereocenters. The first-order chi connectivity index (χ1) is 15.5. The molecule has 160 valence electrons. The summed E-state index contributed by atoms with van der Waals surface area (Å²) in [5.74, 6) is 0.843. The molecule has 0 bridgehead atoms. The second-order valence-electron chi connectivity index (χ2n) is 7.86. The van der Waals surface area contributed by atoms with Gasteiger partial charge in [-0.15, -0.1) is 0 Å². The Morgan fingerprint density at radius 2 is 1.84 bits per heavy atom. The summed E-state index contributed by atoms with van der Waals surface area (Å²) in [6, 6.07) is 18.1. The average molecular weight is 425 g/mol. The Hall–Kier alpha value is -4.09. The van der Waals surface area contributed by atoms with Gasteiger partial charge in [-0.2, -0.15) is 10.4 Å².